The van der Waals surface area contributed by atoms with Gasteiger partial charge in [0.2, 0.25) is 5.91 Å². The Balaban J connectivity index is 1.65. The molecule has 5 heteroatoms. The Hall–Kier alpha value is -1.43. The fourth-order valence-corrected chi connectivity index (χ4v) is 3.14. The van der Waals surface area contributed by atoms with Crippen LogP contribution in [0.1, 0.15) is 43.8 Å². The van der Waals surface area contributed by atoms with Crippen molar-refractivity contribution in [2.45, 2.75) is 38.2 Å². The Bertz CT molecular complexity index is 473. The van der Waals surface area contributed by atoms with Crippen LogP contribution in [0.2, 0.25) is 0 Å². The van der Waals surface area contributed by atoms with Gasteiger partial charge in [0, 0.05) is 39.1 Å². The molecular formula is C19H31N3O2. The van der Waals surface area contributed by atoms with Gasteiger partial charge in [-0.15, -0.1) is 0 Å². The molecule has 1 aliphatic rings. The summed E-state index contributed by atoms with van der Waals surface area (Å²) in [4.78, 5) is 16.4. The maximum absolute atomic E-state index is 12.2. The zero-order chi connectivity index (χ0) is 17.2. The third-order valence-electron chi connectivity index (χ3n) is 4.69. The van der Waals surface area contributed by atoms with Crippen molar-refractivity contribution < 1.29 is 9.90 Å². The van der Waals surface area contributed by atoms with Crippen molar-refractivity contribution in [1.29, 1.82) is 0 Å². The summed E-state index contributed by atoms with van der Waals surface area (Å²) in [5, 5.41) is 10.3. The number of unbranched alkanes of at least 4 members (excludes halogenated alkanes) is 3. The van der Waals surface area contributed by atoms with Gasteiger partial charge in [0.25, 0.3) is 0 Å². The highest BCUT2D eigenvalue weighted by molar-refractivity contribution is 5.76. The van der Waals surface area contributed by atoms with Crippen LogP contribution in [-0.2, 0) is 4.79 Å². The molecule has 1 saturated heterocycles. The average molecular weight is 333 g/mol. The molecule has 2 rings (SSSR count). The fraction of sp³-hybridized carbons (Fsp3) is 0.632. The molecule has 0 radical (unpaired) electrons. The van der Waals surface area contributed by atoms with E-state index in [-0.39, 0.29) is 5.91 Å². The average Bonchev–Trinajstić information content (AvgIpc) is 2.62. The van der Waals surface area contributed by atoms with Crippen molar-refractivity contribution in [1.82, 2.24) is 9.80 Å². The monoisotopic (exact) mass is 333 g/mol. The number of piperazine rings is 1. The van der Waals surface area contributed by atoms with E-state index in [2.05, 4.69) is 4.90 Å². The Morgan fingerprint density at radius 3 is 2.38 bits per heavy atom. The molecule has 0 bridgehead atoms. The zero-order valence-corrected chi connectivity index (χ0v) is 14.6. The molecule has 5 nitrogen and oxygen atoms in total. The minimum absolute atomic E-state index is 0.269. The molecule has 1 aromatic carbocycles. The summed E-state index contributed by atoms with van der Waals surface area (Å²) in [5.41, 5.74) is 6.43. The lowest BCUT2D eigenvalue weighted by Crippen LogP contribution is -2.49. The van der Waals surface area contributed by atoms with Crippen LogP contribution in [0.3, 0.4) is 0 Å². The molecule has 1 aliphatic heterocycles. The first kappa shape index (κ1) is 18.9. The minimum atomic E-state index is -0.462. The maximum atomic E-state index is 12.2. The zero-order valence-electron chi connectivity index (χ0n) is 14.6. The number of benzene rings is 1. The van der Waals surface area contributed by atoms with E-state index >= 15 is 0 Å². The van der Waals surface area contributed by atoms with E-state index in [0.29, 0.717) is 13.0 Å². The molecule has 1 heterocycles. The lowest BCUT2D eigenvalue weighted by atomic mass is 10.1. The number of aliphatic hydroxyl groups excluding tert-OH is 1. The van der Waals surface area contributed by atoms with E-state index < -0.39 is 6.10 Å². The van der Waals surface area contributed by atoms with E-state index in [1.54, 1.807) is 0 Å². The quantitative estimate of drug-likeness (QED) is 0.676. The highest BCUT2D eigenvalue weighted by atomic mass is 16.3. The van der Waals surface area contributed by atoms with Crippen LogP contribution in [0, 0.1) is 0 Å². The van der Waals surface area contributed by atoms with Crippen LogP contribution in [0.5, 0.6) is 0 Å². The molecule has 0 spiro atoms. The predicted molar refractivity (Wildman–Crippen MR) is 96.6 cm³/mol. The molecule has 134 valence electrons. The van der Waals surface area contributed by atoms with Crippen molar-refractivity contribution in [3.8, 4) is 0 Å². The fourth-order valence-electron chi connectivity index (χ4n) is 3.14. The van der Waals surface area contributed by atoms with Gasteiger partial charge in [-0.05, 0) is 24.9 Å². The molecule has 1 aromatic rings. The van der Waals surface area contributed by atoms with Crippen molar-refractivity contribution in [3.63, 3.8) is 0 Å². The van der Waals surface area contributed by atoms with Crippen LogP contribution >= 0.6 is 0 Å². The van der Waals surface area contributed by atoms with Gasteiger partial charge in [-0.2, -0.15) is 0 Å². The van der Waals surface area contributed by atoms with Crippen molar-refractivity contribution in [2.75, 3.05) is 39.3 Å². The number of β-amino-alcohol motifs (C(OH)–C–C–N with tert-alkyl or cyclic N) is 1. The second-order valence-corrected chi connectivity index (χ2v) is 6.56. The Kier molecular flexibility index (Phi) is 8.22. The molecule has 1 atom stereocenters. The van der Waals surface area contributed by atoms with E-state index in [4.69, 9.17) is 5.73 Å². The van der Waals surface area contributed by atoms with E-state index in [9.17, 15) is 9.90 Å². The second-order valence-electron chi connectivity index (χ2n) is 6.56. The summed E-state index contributed by atoms with van der Waals surface area (Å²) in [6, 6.07) is 9.76. The Labute approximate surface area is 145 Å². The highest BCUT2D eigenvalue weighted by Gasteiger charge is 2.22. The molecular weight excluding hydrogens is 302 g/mol. The predicted octanol–water partition coefficient (Wildman–Crippen LogP) is 1.77. The number of hydrogen-bond acceptors (Lipinski definition) is 4. The summed E-state index contributed by atoms with van der Waals surface area (Å²) in [6.45, 7) is 4.58. The molecule has 0 aliphatic carbocycles. The summed E-state index contributed by atoms with van der Waals surface area (Å²) < 4.78 is 0. The van der Waals surface area contributed by atoms with Gasteiger partial charge in [0.15, 0.2) is 0 Å². The molecule has 0 saturated carbocycles. The normalized spacial score (nSPS) is 17.0. The van der Waals surface area contributed by atoms with E-state index in [0.717, 1.165) is 64.0 Å². The third kappa shape index (κ3) is 6.23. The van der Waals surface area contributed by atoms with Crippen LogP contribution in [0.4, 0.5) is 0 Å². The van der Waals surface area contributed by atoms with Gasteiger partial charge < -0.3 is 15.7 Å². The van der Waals surface area contributed by atoms with Gasteiger partial charge in [-0.3, -0.25) is 9.69 Å². The number of carbonyl (C=O) groups excluding carboxylic acids is 1. The van der Waals surface area contributed by atoms with Crippen LogP contribution in [-0.4, -0.2) is 60.1 Å². The maximum Gasteiger partial charge on any atom is 0.222 e. The smallest absolute Gasteiger partial charge is 0.222 e. The third-order valence-corrected chi connectivity index (χ3v) is 4.69. The molecule has 1 unspecified atom stereocenters. The number of aliphatic hydroxyl groups is 1. The topological polar surface area (TPSA) is 69.8 Å². The molecule has 1 fully saturated rings. The number of carbonyl (C=O) groups is 1. The lowest BCUT2D eigenvalue weighted by molar-refractivity contribution is -0.133. The standard InChI is InChI=1S/C19H31N3O2/c20-11-7-2-1-6-10-19(24)22-14-12-21(13-15-22)16-18(23)17-8-4-3-5-9-17/h3-5,8-9,18,23H,1-2,6-7,10-16,20H2. The Morgan fingerprint density at radius 2 is 1.71 bits per heavy atom. The molecule has 1 amide bonds. The minimum Gasteiger partial charge on any atom is -0.387 e. The first-order chi connectivity index (χ1) is 11.7. The van der Waals surface area contributed by atoms with E-state index in [1.807, 2.05) is 35.2 Å². The number of nitrogens with two attached hydrogens (primary N) is 1. The largest absolute Gasteiger partial charge is 0.387 e. The summed E-state index contributed by atoms with van der Waals surface area (Å²) in [7, 11) is 0. The first-order valence-corrected chi connectivity index (χ1v) is 9.14. The van der Waals surface area contributed by atoms with Crippen molar-refractivity contribution >= 4 is 5.91 Å². The van der Waals surface area contributed by atoms with Gasteiger partial charge >= 0.3 is 0 Å². The van der Waals surface area contributed by atoms with Crippen LogP contribution < -0.4 is 5.73 Å². The second kappa shape index (κ2) is 10.4. The van der Waals surface area contributed by atoms with Gasteiger partial charge in [-0.1, -0.05) is 43.2 Å². The number of nitrogens with zero attached hydrogens (tertiary/aromatic N) is 2. The molecule has 0 aromatic heterocycles. The van der Waals surface area contributed by atoms with Gasteiger partial charge in [0.1, 0.15) is 0 Å². The van der Waals surface area contributed by atoms with Gasteiger partial charge in [-0.25, -0.2) is 0 Å². The van der Waals surface area contributed by atoms with Crippen molar-refractivity contribution in [2.24, 2.45) is 5.73 Å². The summed E-state index contributed by atoms with van der Waals surface area (Å²) >= 11 is 0. The SMILES string of the molecule is NCCCCCCC(=O)N1CCN(CC(O)c2ccccc2)CC1. The number of rotatable bonds is 9. The van der Waals surface area contributed by atoms with E-state index in [1.165, 1.54) is 0 Å². The van der Waals surface area contributed by atoms with Crippen LogP contribution in [0.15, 0.2) is 30.3 Å². The lowest BCUT2D eigenvalue weighted by Gasteiger charge is -2.35. The summed E-state index contributed by atoms with van der Waals surface area (Å²) in [5.74, 6) is 0.269. The first-order valence-electron chi connectivity index (χ1n) is 9.14. The van der Waals surface area contributed by atoms with Crippen molar-refractivity contribution in [3.05, 3.63) is 35.9 Å². The summed E-state index contributed by atoms with van der Waals surface area (Å²) in [6.07, 6.45) is 4.41. The number of amides is 1. The van der Waals surface area contributed by atoms with Gasteiger partial charge in [0.05, 0.1) is 6.10 Å². The highest BCUT2D eigenvalue weighted by Crippen LogP contribution is 2.15. The Morgan fingerprint density at radius 1 is 1.04 bits per heavy atom. The number of hydrogen-bond donors (Lipinski definition) is 2. The molecule has 3 N–H and O–H groups in total. The van der Waals surface area contributed by atoms with Crippen LogP contribution in [0.25, 0.3) is 0 Å². The molecule has 24 heavy (non-hydrogen) atoms.